The lowest BCUT2D eigenvalue weighted by Crippen LogP contribution is -2.04. The third-order valence-corrected chi connectivity index (χ3v) is 2.38. The van der Waals surface area contributed by atoms with E-state index in [1.165, 1.54) is 30.1 Å². The number of aliphatic carboxylic acids is 1. The van der Waals surface area contributed by atoms with Crippen LogP contribution in [0.4, 0.5) is 4.39 Å². The van der Waals surface area contributed by atoms with E-state index in [9.17, 15) is 9.18 Å². The molecule has 2 rings (SSSR count). The van der Waals surface area contributed by atoms with Crippen molar-refractivity contribution in [3.05, 3.63) is 41.8 Å². The Hall–Kier alpha value is -2.37. The molecule has 6 heteroatoms. The summed E-state index contributed by atoms with van der Waals surface area (Å²) in [5, 5.41) is 12.8. The van der Waals surface area contributed by atoms with E-state index in [-0.39, 0.29) is 6.42 Å². The molecule has 1 N–H and O–H groups in total. The number of ether oxygens (including phenoxy) is 1. The van der Waals surface area contributed by atoms with Crippen molar-refractivity contribution in [1.29, 1.82) is 0 Å². The Balaban J connectivity index is 2.45. The number of nitrogens with zero attached hydrogens (tertiary/aromatic N) is 2. The molecule has 1 heterocycles. The number of carboxylic acid groups (broad SMARTS) is 1. The van der Waals surface area contributed by atoms with E-state index in [0.29, 0.717) is 17.1 Å². The minimum Gasteiger partial charge on any atom is -0.481 e. The topological polar surface area (TPSA) is 64.3 Å². The number of carbonyl (C=O) groups is 1. The first-order valence-corrected chi connectivity index (χ1v) is 5.20. The lowest BCUT2D eigenvalue weighted by Gasteiger charge is -2.07. The molecule has 18 heavy (non-hydrogen) atoms. The molecular formula is C12H11FN2O3. The number of hydrogen-bond acceptors (Lipinski definition) is 3. The SMILES string of the molecule is COc1c(CC(=O)O)cnn1-c1cccc(F)c1. The highest BCUT2D eigenvalue weighted by atomic mass is 19.1. The van der Waals surface area contributed by atoms with Crippen LogP contribution in [0.15, 0.2) is 30.5 Å². The molecule has 0 amide bonds. The summed E-state index contributed by atoms with van der Waals surface area (Å²) < 4.78 is 19.6. The summed E-state index contributed by atoms with van der Waals surface area (Å²) in [6.45, 7) is 0. The van der Waals surface area contributed by atoms with Crippen LogP contribution in [0.1, 0.15) is 5.56 Å². The van der Waals surface area contributed by atoms with Crippen molar-refractivity contribution in [3.8, 4) is 11.6 Å². The first-order chi connectivity index (χ1) is 8.61. The molecule has 0 aliphatic rings. The summed E-state index contributed by atoms with van der Waals surface area (Å²) in [5.74, 6) is -1.08. The molecule has 1 aromatic heterocycles. The lowest BCUT2D eigenvalue weighted by molar-refractivity contribution is -0.136. The Morgan fingerprint density at radius 3 is 2.94 bits per heavy atom. The zero-order valence-corrected chi connectivity index (χ0v) is 9.63. The first-order valence-electron chi connectivity index (χ1n) is 5.20. The normalized spacial score (nSPS) is 10.3. The second kappa shape index (κ2) is 4.87. The first kappa shape index (κ1) is 12.1. The van der Waals surface area contributed by atoms with Crippen LogP contribution < -0.4 is 4.74 Å². The van der Waals surface area contributed by atoms with Crippen LogP contribution in [-0.4, -0.2) is 28.0 Å². The van der Waals surface area contributed by atoms with Gasteiger partial charge in [-0.25, -0.2) is 9.07 Å². The van der Waals surface area contributed by atoms with Gasteiger partial charge in [0.15, 0.2) is 0 Å². The minimum atomic E-state index is -0.980. The molecule has 0 saturated heterocycles. The maximum atomic E-state index is 13.1. The predicted octanol–water partition coefficient (Wildman–Crippen LogP) is 1.65. The van der Waals surface area contributed by atoms with Gasteiger partial charge in [0, 0.05) is 5.56 Å². The maximum Gasteiger partial charge on any atom is 0.308 e. The predicted molar refractivity (Wildman–Crippen MR) is 61.4 cm³/mol. The molecule has 0 radical (unpaired) electrons. The van der Waals surface area contributed by atoms with Gasteiger partial charge < -0.3 is 9.84 Å². The van der Waals surface area contributed by atoms with E-state index in [2.05, 4.69) is 5.10 Å². The van der Waals surface area contributed by atoms with Crippen LogP contribution in [0, 0.1) is 5.82 Å². The van der Waals surface area contributed by atoms with Gasteiger partial charge in [-0.05, 0) is 18.2 Å². The quantitative estimate of drug-likeness (QED) is 0.896. The highest BCUT2D eigenvalue weighted by Crippen LogP contribution is 2.23. The number of aromatic nitrogens is 2. The Kier molecular flexibility index (Phi) is 3.27. The van der Waals surface area contributed by atoms with E-state index >= 15 is 0 Å². The molecule has 2 aromatic rings. The van der Waals surface area contributed by atoms with Crippen molar-refractivity contribution >= 4 is 5.97 Å². The minimum absolute atomic E-state index is 0.196. The third-order valence-electron chi connectivity index (χ3n) is 2.38. The number of carboxylic acids is 1. The zero-order valence-electron chi connectivity index (χ0n) is 9.63. The summed E-state index contributed by atoms with van der Waals surface area (Å²) >= 11 is 0. The molecule has 0 fully saturated rings. The van der Waals surface area contributed by atoms with Crippen LogP contribution in [-0.2, 0) is 11.2 Å². The second-order valence-electron chi connectivity index (χ2n) is 3.64. The van der Waals surface area contributed by atoms with Crippen molar-refractivity contribution in [2.45, 2.75) is 6.42 Å². The Bertz CT molecular complexity index is 580. The van der Waals surface area contributed by atoms with Crippen LogP contribution >= 0.6 is 0 Å². The second-order valence-corrected chi connectivity index (χ2v) is 3.64. The van der Waals surface area contributed by atoms with Gasteiger partial charge in [-0.2, -0.15) is 5.10 Å². The van der Waals surface area contributed by atoms with Crippen molar-refractivity contribution in [2.24, 2.45) is 0 Å². The van der Waals surface area contributed by atoms with Gasteiger partial charge in [0.05, 0.1) is 25.4 Å². The molecule has 5 nitrogen and oxygen atoms in total. The van der Waals surface area contributed by atoms with Gasteiger partial charge in [-0.3, -0.25) is 4.79 Å². The molecule has 0 spiro atoms. The Morgan fingerprint density at radius 1 is 1.56 bits per heavy atom. The number of benzene rings is 1. The smallest absolute Gasteiger partial charge is 0.308 e. The van der Waals surface area contributed by atoms with Gasteiger partial charge in [-0.1, -0.05) is 6.07 Å². The summed E-state index contributed by atoms with van der Waals surface area (Å²) in [6.07, 6.45) is 1.20. The number of hydrogen-bond donors (Lipinski definition) is 1. The van der Waals surface area contributed by atoms with E-state index in [4.69, 9.17) is 9.84 Å². The van der Waals surface area contributed by atoms with Gasteiger partial charge >= 0.3 is 5.97 Å². The summed E-state index contributed by atoms with van der Waals surface area (Å²) in [4.78, 5) is 10.7. The fourth-order valence-electron chi connectivity index (χ4n) is 1.66. The molecule has 0 aliphatic heterocycles. The maximum absolute atomic E-state index is 13.1. The van der Waals surface area contributed by atoms with Crippen molar-refractivity contribution in [3.63, 3.8) is 0 Å². The zero-order chi connectivity index (χ0) is 13.1. The monoisotopic (exact) mass is 250 g/mol. The van der Waals surface area contributed by atoms with Crippen LogP contribution in [0.25, 0.3) is 5.69 Å². The van der Waals surface area contributed by atoms with E-state index in [1.54, 1.807) is 12.1 Å². The summed E-state index contributed by atoms with van der Waals surface area (Å²) in [6, 6.07) is 5.81. The largest absolute Gasteiger partial charge is 0.481 e. The van der Waals surface area contributed by atoms with Crippen LogP contribution in [0.5, 0.6) is 5.88 Å². The van der Waals surface area contributed by atoms with E-state index in [0.717, 1.165) is 0 Å². The highest BCUT2D eigenvalue weighted by molar-refractivity contribution is 5.71. The molecule has 94 valence electrons. The van der Waals surface area contributed by atoms with Gasteiger partial charge in [0.2, 0.25) is 5.88 Å². The average Bonchev–Trinajstić information content (AvgIpc) is 2.71. The number of rotatable bonds is 4. The van der Waals surface area contributed by atoms with Crippen molar-refractivity contribution in [2.75, 3.05) is 7.11 Å². The van der Waals surface area contributed by atoms with E-state index in [1.807, 2.05) is 0 Å². The molecule has 0 saturated carbocycles. The number of methoxy groups -OCH3 is 1. The van der Waals surface area contributed by atoms with E-state index < -0.39 is 11.8 Å². The third kappa shape index (κ3) is 2.32. The summed E-state index contributed by atoms with van der Waals surface area (Å²) in [5.41, 5.74) is 0.915. The van der Waals surface area contributed by atoms with Gasteiger partial charge in [-0.15, -0.1) is 0 Å². The Labute approximate surface area is 102 Å². The molecule has 0 atom stereocenters. The number of halogens is 1. The lowest BCUT2D eigenvalue weighted by atomic mass is 10.2. The van der Waals surface area contributed by atoms with Crippen LogP contribution in [0.2, 0.25) is 0 Å². The van der Waals surface area contributed by atoms with Crippen molar-refractivity contribution in [1.82, 2.24) is 9.78 Å². The van der Waals surface area contributed by atoms with Gasteiger partial charge in [0.1, 0.15) is 5.82 Å². The Morgan fingerprint density at radius 2 is 2.33 bits per heavy atom. The fraction of sp³-hybridized carbons (Fsp3) is 0.167. The molecule has 1 aromatic carbocycles. The summed E-state index contributed by atoms with van der Waals surface area (Å²) in [7, 11) is 1.41. The van der Waals surface area contributed by atoms with Crippen molar-refractivity contribution < 1.29 is 19.0 Å². The molecule has 0 unspecified atom stereocenters. The molecule has 0 aliphatic carbocycles. The fourth-order valence-corrected chi connectivity index (χ4v) is 1.66. The molecular weight excluding hydrogens is 239 g/mol. The average molecular weight is 250 g/mol. The van der Waals surface area contributed by atoms with Gasteiger partial charge in [0.25, 0.3) is 0 Å². The standard InChI is InChI=1S/C12H11FN2O3/c1-18-12-8(5-11(16)17)7-14-15(12)10-4-2-3-9(13)6-10/h2-4,6-7H,5H2,1H3,(H,16,17). The highest BCUT2D eigenvalue weighted by Gasteiger charge is 2.15. The van der Waals surface area contributed by atoms with Crippen LogP contribution in [0.3, 0.4) is 0 Å². The molecule has 0 bridgehead atoms.